The third kappa shape index (κ3) is 12.5. The number of methoxy groups -OCH3 is 2. The number of Topliss-reactive ketones (excluding diaryl/α,β-unsaturated/α-hetero) is 1. The van der Waals surface area contributed by atoms with Gasteiger partial charge in [-0.05, 0) is 102 Å². The lowest BCUT2D eigenvalue weighted by Crippen LogP contribution is -2.64. The molecular formula is C45H71FN2O11. The van der Waals surface area contributed by atoms with Crippen LogP contribution in [0.25, 0.3) is 0 Å². The Morgan fingerprint density at radius 3 is 2.36 bits per heavy atom. The molecule has 0 spiro atoms. The van der Waals surface area contributed by atoms with Gasteiger partial charge in [-0.3, -0.25) is 9.59 Å². The van der Waals surface area contributed by atoms with Crippen LogP contribution in [0.4, 0.5) is 4.39 Å². The van der Waals surface area contributed by atoms with Gasteiger partial charge in [0, 0.05) is 44.9 Å². The number of fused-ring (bicyclic) bond motifs is 3. The smallest absolute Gasteiger partial charge is 0.329 e. The third-order valence-corrected chi connectivity index (χ3v) is 12.9. The van der Waals surface area contributed by atoms with Gasteiger partial charge in [-0.15, -0.1) is 6.58 Å². The van der Waals surface area contributed by atoms with Gasteiger partial charge >= 0.3 is 5.97 Å². The molecule has 11 atom stereocenters. The first-order valence-corrected chi connectivity index (χ1v) is 21.7. The summed E-state index contributed by atoms with van der Waals surface area (Å²) in [5, 5.41) is 38.6. The molecule has 3 aliphatic heterocycles. The van der Waals surface area contributed by atoms with E-state index in [1.54, 1.807) is 19.9 Å². The van der Waals surface area contributed by atoms with Crippen LogP contribution in [0.3, 0.4) is 0 Å². The number of oxime groups is 1. The van der Waals surface area contributed by atoms with Crippen LogP contribution in [0.2, 0.25) is 0 Å². The number of ketones is 1. The predicted octanol–water partition coefficient (Wildman–Crippen LogP) is 5.79. The van der Waals surface area contributed by atoms with Gasteiger partial charge in [0.1, 0.15) is 31.5 Å². The topological polar surface area (TPSA) is 174 Å². The first-order chi connectivity index (χ1) is 28.1. The fourth-order valence-corrected chi connectivity index (χ4v) is 9.43. The van der Waals surface area contributed by atoms with Crippen molar-refractivity contribution in [3.8, 4) is 0 Å². The number of carbonyl (C=O) groups excluding carboxylic acids is 3. The lowest BCUT2D eigenvalue weighted by atomic mass is 9.82. The highest BCUT2D eigenvalue weighted by molar-refractivity contribution is 6.39. The number of nitrogens with zero attached hydrogens (tertiary/aromatic N) is 2. The molecule has 13 nitrogen and oxygen atoms in total. The number of cyclic esters (lactones) is 1. The minimum Gasteiger partial charge on any atom is -0.456 e. The van der Waals surface area contributed by atoms with E-state index >= 15 is 0 Å². The molecule has 1 amide bonds. The number of esters is 1. The number of ether oxygens (including phenoxy) is 4. The third-order valence-electron chi connectivity index (χ3n) is 12.9. The summed E-state index contributed by atoms with van der Waals surface area (Å²) in [4.78, 5) is 49.5. The fourth-order valence-electron chi connectivity index (χ4n) is 9.43. The van der Waals surface area contributed by atoms with Gasteiger partial charge < -0.3 is 44.0 Å². The Morgan fingerprint density at radius 2 is 1.71 bits per heavy atom. The van der Waals surface area contributed by atoms with Crippen LogP contribution < -0.4 is 0 Å². The van der Waals surface area contributed by atoms with Crippen LogP contribution in [-0.2, 0) is 38.2 Å². The van der Waals surface area contributed by atoms with Crippen molar-refractivity contribution in [2.75, 3.05) is 34.0 Å². The van der Waals surface area contributed by atoms with E-state index in [1.807, 2.05) is 19.9 Å². The Labute approximate surface area is 350 Å². The minimum atomic E-state index is -2.51. The summed E-state index contributed by atoms with van der Waals surface area (Å²) in [6.07, 6.45) is 7.25. The van der Waals surface area contributed by atoms with Crippen LogP contribution >= 0.6 is 0 Å². The highest BCUT2D eigenvalue weighted by atomic mass is 19.1. The molecule has 59 heavy (non-hydrogen) atoms. The van der Waals surface area contributed by atoms with Crippen LogP contribution in [0.15, 0.2) is 41.1 Å². The lowest BCUT2D eigenvalue weighted by Gasteiger charge is -2.47. The van der Waals surface area contributed by atoms with Crippen molar-refractivity contribution < 1.29 is 57.9 Å². The molecule has 3 N–H and O–H groups in total. The number of aliphatic hydroxyl groups is 3. The average molecular weight is 835 g/mol. The second-order valence-corrected chi connectivity index (χ2v) is 17.6. The van der Waals surface area contributed by atoms with E-state index in [-0.39, 0.29) is 56.3 Å². The number of alkyl halides is 1. The van der Waals surface area contributed by atoms with E-state index < -0.39 is 78.5 Å². The van der Waals surface area contributed by atoms with Gasteiger partial charge in [0.15, 0.2) is 0 Å². The van der Waals surface area contributed by atoms with Gasteiger partial charge in [-0.2, -0.15) is 0 Å². The summed E-state index contributed by atoms with van der Waals surface area (Å²) in [5.74, 6) is -7.19. The number of hydrogen-bond acceptors (Lipinski definition) is 12. The van der Waals surface area contributed by atoms with Crippen molar-refractivity contribution in [2.24, 2.45) is 34.7 Å². The molecule has 14 heteroatoms. The van der Waals surface area contributed by atoms with Crippen molar-refractivity contribution in [1.82, 2.24) is 4.90 Å². The molecule has 0 aromatic rings. The standard InChI is InChI=1S/C45H71FN2O11/c1-9-12-33-22-27(2)21-28(3)23-38(55-7)41-39(56-8)25-30(5)45(54,59-41)42(51)43(52)48-19-11-10-13-36(48)44(53)58-40(29(4)24-32-14-16-34(49)17-15-32)31(6)37(50)26-35(33)47-57-20-18-46/h9,22,24,28,30-34,36-41,49-50,54H,1,10-21,23,25-26H2,2-8H3/b27-22+,29-24+,47-35-/t28-,30+,31+,32-,33+,34-,36-,37-,38-,39-,40+,41+,45+/m0/s1. The monoisotopic (exact) mass is 835 g/mol. The second-order valence-electron chi connectivity index (χ2n) is 17.6. The second kappa shape index (κ2) is 22.7. The van der Waals surface area contributed by atoms with Crippen molar-refractivity contribution in [3.05, 3.63) is 36.0 Å². The highest BCUT2D eigenvalue weighted by Crippen LogP contribution is 2.39. The van der Waals surface area contributed by atoms with Gasteiger partial charge in [-0.25, -0.2) is 9.18 Å². The molecule has 334 valence electrons. The van der Waals surface area contributed by atoms with Crippen LogP contribution in [0.1, 0.15) is 112 Å². The normalized spacial score (nSPS) is 39.3. The van der Waals surface area contributed by atoms with Crippen molar-refractivity contribution in [3.63, 3.8) is 0 Å². The number of carbonyl (C=O) groups is 3. The van der Waals surface area contributed by atoms with E-state index in [2.05, 4.69) is 24.7 Å². The molecule has 4 aliphatic rings. The van der Waals surface area contributed by atoms with Gasteiger partial charge in [0.2, 0.25) is 5.79 Å². The van der Waals surface area contributed by atoms with E-state index in [0.717, 1.165) is 18.4 Å². The quantitative estimate of drug-likeness (QED) is 0.0845. The number of allylic oxidation sites excluding steroid dienone is 4. The SMILES string of the molecule is C=CC[C@@H]1/C=C(\C)C[C@H](C)C[C@H](OC)[C@H]2O[C@@](O)(C(=O)C(=O)N3CCCC[C@H]3C(=O)O[C@H](/C(C)=C/[C@H]3CC[C@H](O)CC3)[C@H](C)[C@@H](O)C/C1=N/OCCF)[C@H](C)C[C@@H]2OC. The van der Waals surface area contributed by atoms with Crippen molar-refractivity contribution >= 4 is 23.4 Å². The first-order valence-electron chi connectivity index (χ1n) is 21.7. The van der Waals surface area contributed by atoms with E-state index in [9.17, 15) is 34.1 Å². The molecule has 3 heterocycles. The molecule has 4 rings (SSSR count). The minimum absolute atomic E-state index is 0.00887. The number of rotatable bonds is 9. The Kier molecular flexibility index (Phi) is 18.7. The Balaban J connectivity index is 1.83. The Bertz CT molecular complexity index is 1510. The number of halogens is 1. The molecule has 1 saturated carbocycles. The maximum atomic E-state index is 14.4. The van der Waals surface area contributed by atoms with Crippen molar-refractivity contribution in [2.45, 2.75) is 160 Å². The molecule has 0 aromatic heterocycles. The fraction of sp³-hybridized carbons (Fsp3) is 0.778. The zero-order chi connectivity index (χ0) is 43.4. The summed E-state index contributed by atoms with van der Waals surface area (Å²) in [6, 6.07) is -1.13. The molecule has 0 aromatic carbocycles. The van der Waals surface area contributed by atoms with Gasteiger partial charge in [0.25, 0.3) is 11.7 Å². The molecule has 0 unspecified atom stereocenters. The molecule has 0 radical (unpaired) electrons. The maximum Gasteiger partial charge on any atom is 0.329 e. The summed E-state index contributed by atoms with van der Waals surface area (Å²) in [5.41, 5.74) is 2.19. The van der Waals surface area contributed by atoms with Crippen LogP contribution in [0.5, 0.6) is 0 Å². The summed E-state index contributed by atoms with van der Waals surface area (Å²) >= 11 is 0. The first kappa shape index (κ1) is 48.7. The van der Waals surface area contributed by atoms with Gasteiger partial charge in [0.05, 0.1) is 30.1 Å². The van der Waals surface area contributed by atoms with E-state index in [1.165, 1.54) is 19.1 Å². The lowest BCUT2D eigenvalue weighted by molar-refractivity contribution is -0.302. The van der Waals surface area contributed by atoms with Crippen LogP contribution in [0, 0.1) is 29.6 Å². The molecule has 2 saturated heterocycles. The number of hydrogen-bond donors (Lipinski definition) is 3. The summed E-state index contributed by atoms with van der Waals surface area (Å²) in [7, 11) is 3.06. The highest BCUT2D eigenvalue weighted by Gasteiger charge is 2.56. The number of amides is 1. The molecule has 1 aliphatic carbocycles. The molecular weight excluding hydrogens is 763 g/mol. The number of aliphatic hydroxyl groups excluding tert-OH is 2. The summed E-state index contributed by atoms with van der Waals surface area (Å²) in [6.45, 7) is 12.4. The molecule has 3 fully saturated rings. The number of piperidine rings is 1. The van der Waals surface area contributed by atoms with Crippen LogP contribution in [-0.4, -0.2) is 126 Å². The van der Waals surface area contributed by atoms with E-state index in [4.69, 9.17) is 23.8 Å². The zero-order valence-electron chi connectivity index (χ0n) is 36.4. The van der Waals surface area contributed by atoms with E-state index in [0.29, 0.717) is 56.2 Å². The van der Waals surface area contributed by atoms with Gasteiger partial charge in [-0.1, -0.05) is 49.7 Å². The zero-order valence-corrected chi connectivity index (χ0v) is 36.4. The summed E-state index contributed by atoms with van der Waals surface area (Å²) < 4.78 is 37.6. The average Bonchev–Trinajstić information content (AvgIpc) is 3.21. The Morgan fingerprint density at radius 1 is 1.03 bits per heavy atom. The molecule has 2 bridgehead atoms. The Hall–Kier alpha value is -3.01. The maximum absolute atomic E-state index is 14.4. The predicted molar refractivity (Wildman–Crippen MR) is 221 cm³/mol. The largest absolute Gasteiger partial charge is 0.456 e. The van der Waals surface area contributed by atoms with Crippen molar-refractivity contribution in [1.29, 1.82) is 0 Å².